The standard InChI is InChI=1S/C15H27NO4/c1-13(17)20-15-11-16(2)9-8-14(15)7-5-4-6-10-19-12-18-3/h5,7,14-15H,4,6,8-12H2,1-3H3. The first-order valence-corrected chi connectivity index (χ1v) is 7.22. The quantitative estimate of drug-likeness (QED) is 0.295. The predicted octanol–water partition coefficient (Wildman–Crippen LogP) is 1.83. The lowest BCUT2D eigenvalue weighted by Crippen LogP contribution is -2.43. The number of allylic oxidation sites excluding steroid dienone is 1. The van der Waals surface area contributed by atoms with Crippen molar-refractivity contribution in [1.29, 1.82) is 0 Å². The summed E-state index contributed by atoms with van der Waals surface area (Å²) in [5.74, 6) is 0.131. The fourth-order valence-electron chi connectivity index (χ4n) is 2.36. The van der Waals surface area contributed by atoms with E-state index in [2.05, 4.69) is 24.1 Å². The van der Waals surface area contributed by atoms with Crippen LogP contribution in [0, 0.1) is 5.92 Å². The highest BCUT2D eigenvalue weighted by atomic mass is 16.7. The van der Waals surface area contributed by atoms with Crippen LogP contribution in [0.2, 0.25) is 0 Å². The average molecular weight is 285 g/mol. The minimum atomic E-state index is -0.198. The van der Waals surface area contributed by atoms with Crippen LogP contribution in [0.1, 0.15) is 26.2 Å². The Hall–Kier alpha value is -0.910. The van der Waals surface area contributed by atoms with Crippen LogP contribution in [0.15, 0.2) is 12.2 Å². The summed E-state index contributed by atoms with van der Waals surface area (Å²) < 4.78 is 15.5. The molecule has 0 radical (unpaired) electrons. The van der Waals surface area contributed by atoms with Crippen LogP contribution >= 0.6 is 0 Å². The summed E-state index contributed by atoms with van der Waals surface area (Å²) in [6, 6.07) is 0. The van der Waals surface area contributed by atoms with E-state index in [1.165, 1.54) is 6.92 Å². The number of methoxy groups -OCH3 is 1. The second-order valence-electron chi connectivity index (χ2n) is 5.25. The Kier molecular flexibility index (Phi) is 8.49. The molecule has 1 saturated heterocycles. The van der Waals surface area contributed by atoms with Crippen LogP contribution in [0.25, 0.3) is 0 Å². The van der Waals surface area contributed by atoms with Crippen LogP contribution in [0.3, 0.4) is 0 Å². The highest BCUT2D eigenvalue weighted by molar-refractivity contribution is 5.66. The van der Waals surface area contributed by atoms with Gasteiger partial charge >= 0.3 is 5.97 Å². The third kappa shape index (κ3) is 7.03. The van der Waals surface area contributed by atoms with E-state index in [1.54, 1.807) is 7.11 Å². The van der Waals surface area contributed by atoms with Gasteiger partial charge in [-0.2, -0.15) is 0 Å². The second kappa shape index (κ2) is 9.91. The Morgan fingerprint density at radius 2 is 2.25 bits per heavy atom. The Balaban J connectivity index is 2.29. The summed E-state index contributed by atoms with van der Waals surface area (Å²) in [5, 5.41) is 0. The van der Waals surface area contributed by atoms with Gasteiger partial charge in [-0.05, 0) is 32.9 Å². The van der Waals surface area contributed by atoms with Crippen molar-refractivity contribution in [2.24, 2.45) is 5.92 Å². The van der Waals surface area contributed by atoms with Crippen LogP contribution in [-0.4, -0.2) is 57.6 Å². The summed E-state index contributed by atoms with van der Waals surface area (Å²) >= 11 is 0. The van der Waals surface area contributed by atoms with E-state index in [1.807, 2.05) is 0 Å². The van der Waals surface area contributed by atoms with Crippen LogP contribution in [0.4, 0.5) is 0 Å². The minimum absolute atomic E-state index is 0.0211. The van der Waals surface area contributed by atoms with Gasteiger partial charge in [-0.25, -0.2) is 0 Å². The maximum Gasteiger partial charge on any atom is 0.302 e. The van der Waals surface area contributed by atoms with Gasteiger partial charge in [0, 0.05) is 33.1 Å². The van der Waals surface area contributed by atoms with E-state index < -0.39 is 0 Å². The molecule has 1 aliphatic heterocycles. The van der Waals surface area contributed by atoms with Crippen molar-refractivity contribution >= 4 is 5.97 Å². The van der Waals surface area contributed by atoms with Gasteiger partial charge in [0.2, 0.25) is 0 Å². The molecule has 0 aromatic heterocycles. The maximum atomic E-state index is 11.1. The number of carbonyl (C=O) groups is 1. The van der Waals surface area contributed by atoms with E-state index in [0.29, 0.717) is 19.3 Å². The number of carbonyl (C=O) groups excluding carboxylic acids is 1. The number of unbranched alkanes of at least 4 members (excludes halogenated alkanes) is 1. The smallest absolute Gasteiger partial charge is 0.302 e. The number of piperidine rings is 1. The molecule has 0 N–H and O–H groups in total. The minimum Gasteiger partial charge on any atom is -0.461 e. The van der Waals surface area contributed by atoms with Gasteiger partial charge in [0.15, 0.2) is 0 Å². The highest BCUT2D eigenvalue weighted by Crippen LogP contribution is 2.21. The summed E-state index contributed by atoms with van der Waals surface area (Å²) in [5.41, 5.74) is 0. The highest BCUT2D eigenvalue weighted by Gasteiger charge is 2.27. The molecular weight excluding hydrogens is 258 g/mol. The third-order valence-corrected chi connectivity index (χ3v) is 3.37. The molecule has 5 nitrogen and oxygen atoms in total. The van der Waals surface area contributed by atoms with Gasteiger partial charge in [-0.3, -0.25) is 4.79 Å². The summed E-state index contributed by atoms with van der Waals surface area (Å²) in [6.45, 7) is 4.39. The monoisotopic (exact) mass is 285 g/mol. The molecule has 2 unspecified atom stereocenters. The van der Waals surface area contributed by atoms with Gasteiger partial charge in [-0.15, -0.1) is 0 Å². The molecule has 0 bridgehead atoms. The van der Waals surface area contributed by atoms with E-state index in [4.69, 9.17) is 14.2 Å². The van der Waals surface area contributed by atoms with Crippen LogP contribution < -0.4 is 0 Å². The zero-order valence-electron chi connectivity index (χ0n) is 12.8. The number of likely N-dealkylation sites (tertiary alicyclic amines) is 1. The van der Waals surface area contributed by atoms with Gasteiger partial charge in [-0.1, -0.05) is 12.2 Å². The molecule has 20 heavy (non-hydrogen) atoms. The molecule has 0 saturated carbocycles. The number of hydrogen-bond acceptors (Lipinski definition) is 5. The first kappa shape index (κ1) is 17.1. The van der Waals surface area contributed by atoms with Crippen LogP contribution in [-0.2, 0) is 19.0 Å². The lowest BCUT2D eigenvalue weighted by molar-refractivity contribution is -0.150. The van der Waals surface area contributed by atoms with E-state index in [9.17, 15) is 4.79 Å². The number of rotatable bonds is 8. The SMILES string of the molecule is COCOCCCC=CC1CCN(C)CC1OC(C)=O. The molecule has 5 heteroatoms. The predicted molar refractivity (Wildman–Crippen MR) is 77.4 cm³/mol. The Morgan fingerprint density at radius 3 is 2.95 bits per heavy atom. The van der Waals surface area contributed by atoms with Crippen molar-refractivity contribution in [3.8, 4) is 0 Å². The number of esters is 1. The molecule has 0 aliphatic carbocycles. The third-order valence-electron chi connectivity index (χ3n) is 3.37. The molecule has 116 valence electrons. The molecule has 0 spiro atoms. The molecule has 1 aliphatic rings. The summed E-state index contributed by atoms with van der Waals surface area (Å²) in [6.07, 6.45) is 7.32. The Morgan fingerprint density at radius 1 is 1.45 bits per heavy atom. The number of nitrogens with zero attached hydrogens (tertiary/aromatic N) is 1. The Labute approximate surface area is 121 Å². The van der Waals surface area contributed by atoms with Crippen LogP contribution in [0.5, 0.6) is 0 Å². The molecule has 0 aromatic carbocycles. The van der Waals surface area contributed by atoms with Crippen molar-refractivity contribution in [3.63, 3.8) is 0 Å². The summed E-state index contributed by atoms with van der Waals surface area (Å²) in [7, 11) is 3.68. The van der Waals surface area contributed by atoms with Crippen molar-refractivity contribution in [1.82, 2.24) is 4.90 Å². The largest absolute Gasteiger partial charge is 0.461 e. The Bertz CT molecular complexity index is 306. The average Bonchev–Trinajstić information content (AvgIpc) is 2.39. The molecule has 0 amide bonds. The number of likely N-dealkylation sites (N-methyl/N-ethyl adjacent to an activating group) is 1. The maximum absolute atomic E-state index is 11.1. The van der Waals surface area contributed by atoms with Crippen molar-refractivity contribution in [2.45, 2.75) is 32.3 Å². The van der Waals surface area contributed by atoms with Crippen molar-refractivity contribution in [3.05, 3.63) is 12.2 Å². The first-order valence-electron chi connectivity index (χ1n) is 7.22. The second-order valence-corrected chi connectivity index (χ2v) is 5.25. The van der Waals surface area contributed by atoms with Crippen molar-refractivity contribution in [2.75, 3.05) is 40.6 Å². The van der Waals surface area contributed by atoms with E-state index in [-0.39, 0.29) is 12.1 Å². The molecule has 1 fully saturated rings. The molecule has 0 aromatic rings. The molecule has 2 atom stereocenters. The number of hydrogen-bond donors (Lipinski definition) is 0. The molecular formula is C15H27NO4. The van der Waals surface area contributed by atoms with E-state index in [0.717, 1.165) is 32.4 Å². The lowest BCUT2D eigenvalue weighted by atomic mass is 9.93. The summed E-state index contributed by atoms with van der Waals surface area (Å²) in [4.78, 5) is 13.4. The topological polar surface area (TPSA) is 48.0 Å². The van der Waals surface area contributed by atoms with E-state index >= 15 is 0 Å². The van der Waals surface area contributed by atoms with Gasteiger partial charge in [0.05, 0.1) is 0 Å². The fourth-order valence-corrected chi connectivity index (χ4v) is 2.36. The molecule has 1 rings (SSSR count). The zero-order valence-corrected chi connectivity index (χ0v) is 12.8. The lowest BCUT2D eigenvalue weighted by Gasteiger charge is -2.34. The first-order chi connectivity index (χ1) is 9.63. The zero-order chi connectivity index (χ0) is 14.8. The molecule has 1 heterocycles. The van der Waals surface area contributed by atoms with Gasteiger partial charge in [0.1, 0.15) is 12.9 Å². The normalized spacial score (nSPS) is 24.1. The fraction of sp³-hybridized carbons (Fsp3) is 0.800. The van der Waals surface area contributed by atoms with Gasteiger partial charge < -0.3 is 19.1 Å². The van der Waals surface area contributed by atoms with Gasteiger partial charge in [0.25, 0.3) is 0 Å². The van der Waals surface area contributed by atoms with Crippen molar-refractivity contribution < 1.29 is 19.0 Å². The number of ether oxygens (including phenoxy) is 3.